The number of methoxy groups -OCH3 is 1. The van der Waals surface area contributed by atoms with Crippen LogP contribution in [0.3, 0.4) is 0 Å². The largest absolute Gasteiger partial charge is 0.497 e. The molecule has 2 saturated heterocycles. The number of nitrogens with zero attached hydrogens (tertiary/aromatic N) is 5. The third-order valence-electron chi connectivity index (χ3n) is 5.76. The molecule has 0 saturated carbocycles. The van der Waals surface area contributed by atoms with Crippen LogP contribution in [0, 0.1) is 0 Å². The SMILES string of the molecule is CCN1CCN(c2nc(-c3ccc(OC)cc3)ncc2C(=O)N2CCOCC2)CC1. The lowest BCUT2D eigenvalue weighted by molar-refractivity contribution is 0.0302. The summed E-state index contributed by atoms with van der Waals surface area (Å²) in [6.07, 6.45) is 1.69. The van der Waals surface area contributed by atoms with Crippen LogP contribution in [-0.2, 0) is 4.74 Å². The molecule has 2 fully saturated rings. The zero-order valence-electron chi connectivity index (χ0n) is 17.7. The standard InChI is InChI=1S/C22H29N5O3/c1-3-25-8-10-26(11-9-25)21-19(22(28)27-12-14-30-15-13-27)16-23-20(24-21)17-4-6-18(29-2)7-5-17/h4-7,16H,3,8-15H2,1-2H3. The highest BCUT2D eigenvalue weighted by Gasteiger charge is 2.27. The maximum atomic E-state index is 13.3. The minimum Gasteiger partial charge on any atom is -0.497 e. The number of hydrogen-bond donors (Lipinski definition) is 0. The fourth-order valence-electron chi connectivity index (χ4n) is 3.86. The quantitative estimate of drug-likeness (QED) is 0.743. The van der Waals surface area contributed by atoms with Crippen molar-refractivity contribution in [2.24, 2.45) is 0 Å². The Labute approximate surface area is 177 Å². The van der Waals surface area contributed by atoms with Crippen LogP contribution in [0.25, 0.3) is 11.4 Å². The lowest BCUT2D eigenvalue weighted by atomic mass is 10.1. The van der Waals surface area contributed by atoms with Gasteiger partial charge in [0.2, 0.25) is 0 Å². The average molecular weight is 412 g/mol. The Hall–Kier alpha value is -2.71. The monoisotopic (exact) mass is 411 g/mol. The van der Waals surface area contributed by atoms with Crippen LogP contribution in [-0.4, -0.2) is 91.8 Å². The normalized spacial score (nSPS) is 17.8. The predicted molar refractivity (Wildman–Crippen MR) is 115 cm³/mol. The molecule has 30 heavy (non-hydrogen) atoms. The Balaban J connectivity index is 1.67. The Morgan fingerprint density at radius 1 is 1.07 bits per heavy atom. The number of ether oxygens (including phenoxy) is 2. The molecule has 1 aromatic carbocycles. The molecule has 0 bridgehead atoms. The average Bonchev–Trinajstić information content (AvgIpc) is 2.84. The molecule has 0 N–H and O–H groups in total. The molecule has 4 rings (SSSR count). The van der Waals surface area contributed by atoms with E-state index in [1.165, 1.54) is 0 Å². The number of carbonyl (C=O) groups is 1. The van der Waals surface area contributed by atoms with Gasteiger partial charge < -0.3 is 24.2 Å². The summed E-state index contributed by atoms with van der Waals surface area (Å²) in [4.78, 5) is 29.1. The van der Waals surface area contributed by atoms with Gasteiger partial charge in [0.15, 0.2) is 5.82 Å². The molecule has 2 aromatic rings. The van der Waals surface area contributed by atoms with Crippen LogP contribution in [0.15, 0.2) is 30.5 Å². The van der Waals surface area contributed by atoms with Gasteiger partial charge in [-0.3, -0.25) is 4.79 Å². The van der Waals surface area contributed by atoms with Crippen molar-refractivity contribution >= 4 is 11.7 Å². The van der Waals surface area contributed by atoms with Crippen molar-refractivity contribution in [3.05, 3.63) is 36.0 Å². The van der Waals surface area contributed by atoms with E-state index in [-0.39, 0.29) is 5.91 Å². The number of amides is 1. The van der Waals surface area contributed by atoms with E-state index in [1.54, 1.807) is 13.3 Å². The van der Waals surface area contributed by atoms with Crippen molar-refractivity contribution in [2.75, 3.05) is 71.0 Å². The number of carbonyl (C=O) groups excluding carboxylic acids is 1. The van der Waals surface area contributed by atoms with Gasteiger partial charge in [0.1, 0.15) is 17.1 Å². The molecule has 0 aliphatic carbocycles. The zero-order chi connectivity index (χ0) is 20.9. The number of anilines is 1. The number of benzene rings is 1. The first-order valence-electron chi connectivity index (χ1n) is 10.6. The van der Waals surface area contributed by atoms with Crippen LogP contribution in [0.1, 0.15) is 17.3 Å². The first-order valence-corrected chi connectivity index (χ1v) is 10.6. The maximum absolute atomic E-state index is 13.3. The van der Waals surface area contributed by atoms with Gasteiger partial charge in [-0.15, -0.1) is 0 Å². The summed E-state index contributed by atoms with van der Waals surface area (Å²) in [5.74, 6) is 2.11. The van der Waals surface area contributed by atoms with E-state index in [1.807, 2.05) is 29.2 Å². The minimum absolute atomic E-state index is 0.0208. The van der Waals surface area contributed by atoms with Crippen LogP contribution in [0.2, 0.25) is 0 Å². The summed E-state index contributed by atoms with van der Waals surface area (Å²) in [5, 5.41) is 0. The third-order valence-corrected chi connectivity index (χ3v) is 5.76. The zero-order valence-corrected chi connectivity index (χ0v) is 17.7. The topological polar surface area (TPSA) is 71.0 Å². The number of rotatable bonds is 5. The maximum Gasteiger partial charge on any atom is 0.259 e. The van der Waals surface area contributed by atoms with Crippen molar-refractivity contribution in [2.45, 2.75) is 6.92 Å². The van der Waals surface area contributed by atoms with E-state index >= 15 is 0 Å². The number of piperazine rings is 1. The number of aromatic nitrogens is 2. The highest BCUT2D eigenvalue weighted by atomic mass is 16.5. The summed E-state index contributed by atoms with van der Waals surface area (Å²) in [5.41, 5.74) is 1.47. The molecule has 160 valence electrons. The van der Waals surface area contributed by atoms with Crippen LogP contribution in [0.4, 0.5) is 5.82 Å². The lowest BCUT2D eigenvalue weighted by Gasteiger charge is -2.36. The highest BCUT2D eigenvalue weighted by molar-refractivity contribution is 5.99. The summed E-state index contributed by atoms with van der Waals surface area (Å²) in [7, 11) is 1.64. The van der Waals surface area contributed by atoms with Gasteiger partial charge in [0.05, 0.1) is 20.3 Å². The van der Waals surface area contributed by atoms with Crippen molar-refractivity contribution in [1.29, 1.82) is 0 Å². The first kappa shape index (κ1) is 20.6. The van der Waals surface area contributed by atoms with Crippen molar-refractivity contribution in [3.8, 4) is 17.1 Å². The third kappa shape index (κ3) is 4.39. The van der Waals surface area contributed by atoms with Gasteiger partial charge in [-0.25, -0.2) is 9.97 Å². The van der Waals surface area contributed by atoms with E-state index in [0.29, 0.717) is 37.7 Å². The van der Waals surface area contributed by atoms with Gasteiger partial charge in [-0.05, 0) is 30.8 Å². The molecule has 3 heterocycles. The van der Waals surface area contributed by atoms with Gasteiger partial charge in [-0.2, -0.15) is 0 Å². The first-order chi connectivity index (χ1) is 14.7. The molecule has 0 radical (unpaired) electrons. The van der Waals surface area contributed by atoms with E-state index in [9.17, 15) is 4.79 Å². The Kier molecular flexibility index (Phi) is 6.44. The lowest BCUT2D eigenvalue weighted by Crippen LogP contribution is -2.47. The Morgan fingerprint density at radius 2 is 1.77 bits per heavy atom. The van der Waals surface area contributed by atoms with Crippen molar-refractivity contribution < 1.29 is 14.3 Å². The number of morpholine rings is 1. The van der Waals surface area contributed by atoms with Gasteiger partial charge in [0, 0.05) is 51.0 Å². The predicted octanol–water partition coefficient (Wildman–Crippen LogP) is 1.77. The second-order valence-electron chi connectivity index (χ2n) is 7.49. The molecule has 2 aliphatic heterocycles. The summed E-state index contributed by atoms with van der Waals surface area (Å²) in [6, 6.07) is 7.67. The van der Waals surface area contributed by atoms with Crippen molar-refractivity contribution in [1.82, 2.24) is 19.8 Å². The molecular formula is C22H29N5O3. The molecule has 1 aromatic heterocycles. The molecule has 0 atom stereocenters. The number of likely N-dealkylation sites (N-methyl/N-ethyl adjacent to an activating group) is 1. The molecule has 8 nitrogen and oxygen atoms in total. The molecule has 8 heteroatoms. The minimum atomic E-state index is -0.0208. The highest BCUT2D eigenvalue weighted by Crippen LogP contribution is 2.26. The van der Waals surface area contributed by atoms with Crippen LogP contribution in [0.5, 0.6) is 5.75 Å². The Bertz CT molecular complexity index is 860. The fourth-order valence-corrected chi connectivity index (χ4v) is 3.86. The summed E-state index contributed by atoms with van der Waals surface area (Å²) < 4.78 is 10.6. The Morgan fingerprint density at radius 3 is 2.40 bits per heavy atom. The van der Waals surface area contributed by atoms with Crippen molar-refractivity contribution in [3.63, 3.8) is 0 Å². The van der Waals surface area contributed by atoms with Crippen LogP contribution < -0.4 is 9.64 Å². The molecule has 0 spiro atoms. The van der Waals surface area contributed by atoms with E-state index in [0.717, 1.165) is 49.9 Å². The molecule has 0 unspecified atom stereocenters. The number of hydrogen-bond acceptors (Lipinski definition) is 7. The summed E-state index contributed by atoms with van der Waals surface area (Å²) in [6.45, 7) is 9.16. The second kappa shape index (κ2) is 9.40. The van der Waals surface area contributed by atoms with Gasteiger partial charge in [-0.1, -0.05) is 6.92 Å². The molecular weight excluding hydrogens is 382 g/mol. The van der Waals surface area contributed by atoms with Crippen LogP contribution >= 0.6 is 0 Å². The van der Waals surface area contributed by atoms with Gasteiger partial charge >= 0.3 is 0 Å². The fraction of sp³-hybridized carbons (Fsp3) is 0.500. The van der Waals surface area contributed by atoms with E-state index < -0.39 is 0 Å². The second-order valence-corrected chi connectivity index (χ2v) is 7.49. The molecule has 1 amide bonds. The van der Waals surface area contributed by atoms with Gasteiger partial charge in [0.25, 0.3) is 5.91 Å². The molecule has 2 aliphatic rings. The van der Waals surface area contributed by atoms with E-state index in [2.05, 4.69) is 21.7 Å². The smallest absolute Gasteiger partial charge is 0.259 e. The van der Waals surface area contributed by atoms with E-state index in [4.69, 9.17) is 14.5 Å². The summed E-state index contributed by atoms with van der Waals surface area (Å²) >= 11 is 0.